The minimum Gasteiger partial charge on any atom is -0.494 e. The van der Waals surface area contributed by atoms with Gasteiger partial charge in [0.25, 0.3) is 5.69 Å². The van der Waals surface area contributed by atoms with Crippen molar-refractivity contribution in [2.24, 2.45) is 0 Å². The van der Waals surface area contributed by atoms with Crippen molar-refractivity contribution in [1.29, 1.82) is 0 Å². The molecule has 0 radical (unpaired) electrons. The molecule has 1 atom stereocenters. The van der Waals surface area contributed by atoms with E-state index in [1.165, 1.54) is 6.07 Å². The highest BCUT2D eigenvalue weighted by Crippen LogP contribution is 2.27. The molecular weight excluding hydrogens is 206 g/mol. The Morgan fingerprint density at radius 1 is 1.56 bits per heavy atom. The molecule has 4 heteroatoms. The first-order chi connectivity index (χ1) is 7.58. The van der Waals surface area contributed by atoms with Gasteiger partial charge in [0.05, 0.1) is 17.6 Å². The molecule has 1 rings (SSSR count). The van der Waals surface area contributed by atoms with E-state index in [2.05, 4.69) is 6.58 Å². The maximum atomic E-state index is 10.7. The van der Waals surface area contributed by atoms with E-state index >= 15 is 0 Å². The molecule has 0 bridgehead atoms. The van der Waals surface area contributed by atoms with Gasteiger partial charge in [0, 0.05) is 6.07 Å². The number of non-ortho nitro benzene ring substituents is 1. The number of rotatable bonds is 5. The second-order valence-electron chi connectivity index (χ2n) is 3.47. The molecule has 0 fully saturated rings. The fraction of sp³-hybridized carbons (Fsp3) is 0.333. The number of hydrogen-bond acceptors (Lipinski definition) is 3. The van der Waals surface area contributed by atoms with Gasteiger partial charge in [0.1, 0.15) is 5.75 Å². The summed E-state index contributed by atoms with van der Waals surface area (Å²) in [6.07, 6.45) is 1.74. The molecular formula is C12H15NO3. The summed E-state index contributed by atoms with van der Waals surface area (Å²) in [5, 5.41) is 10.7. The van der Waals surface area contributed by atoms with Crippen LogP contribution in [0.5, 0.6) is 5.75 Å². The van der Waals surface area contributed by atoms with Crippen LogP contribution in [-0.2, 0) is 0 Å². The molecule has 86 valence electrons. The van der Waals surface area contributed by atoms with Gasteiger partial charge in [0.15, 0.2) is 0 Å². The summed E-state index contributed by atoms with van der Waals surface area (Å²) in [7, 11) is 0. The van der Waals surface area contributed by atoms with Crippen LogP contribution in [0.2, 0.25) is 0 Å². The monoisotopic (exact) mass is 221 g/mol. The minimum atomic E-state index is -0.415. The van der Waals surface area contributed by atoms with Crippen LogP contribution in [0.15, 0.2) is 30.9 Å². The standard InChI is InChI=1S/C12H15NO3/c1-4-9(3)10-6-11(13(14)15)8-12(7-10)16-5-2/h4,6-9H,1,5H2,2-3H3. The Balaban J connectivity index is 3.17. The van der Waals surface area contributed by atoms with E-state index in [0.717, 1.165) is 5.56 Å². The van der Waals surface area contributed by atoms with Gasteiger partial charge >= 0.3 is 0 Å². The third kappa shape index (κ3) is 2.82. The maximum Gasteiger partial charge on any atom is 0.273 e. The summed E-state index contributed by atoms with van der Waals surface area (Å²) in [4.78, 5) is 10.3. The Morgan fingerprint density at radius 3 is 2.75 bits per heavy atom. The van der Waals surface area contributed by atoms with Crippen molar-refractivity contribution >= 4 is 5.69 Å². The van der Waals surface area contributed by atoms with Crippen LogP contribution in [-0.4, -0.2) is 11.5 Å². The molecule has 0 spiro atoms. The summed E-state index contributed by atoms with van der Waals surface area (Å²) >= 11 is 0. The Kier molecular flexibility index (Phi) is 4.05. The highest BCUT2D eigenvalue weighted by atomic mass is 16.6. The lowest BCUT2D eigenvalue weighted by Crippen LogP contribution is -1.97. The summed E-state index contributed by atoms with van der Waals surface area (Å²) < 4.78 is 5.29. The van der Waals surface area contributed by atoms with Crippen molar-refractivity contribution in [2.45, 2.75) is 19.8 Å². The highest BCUT2D eigenvalue weighted by Gasteiger charge is 2.12. The fourth-order valence-corrected chi connectivity index (χ4v) is 1.36. The molecule has 0 aromatic heterocycles. The number of nitrogens with zero attached hydrogens (tertiary/aromatic N) is 1. The lowest BCUT2D eigenvalue weighted by Gasteiger charge is -2.09. The van der Waals surface area contributed by atoms with Crippen LogP contribution in [0, 0.1) is 10.1 Å². The van der Waals surface area contributed by atoms with Gasteiger partial charge in [-0.25, -0.2) is 0 Å². The number of nitro groups is 1. The van der Waals surface area contributed by atoms with Gasteiger partial charge in [0.2, 0.25) is 0 Å². The quantitative estimate of drug-likeness (QED) is 0.435. The van der Waals surface area contributed by atoms with Crippen LogP contribution in [0.1, 0.15) is 25.3 Å². The lowest BCUT2D eigenvalue weighted by molar-refractivity contribution is -0.385. The average Bonchev–Trinajstić information content (AvgIpc) is 2.28. The number of ether oxygens (including phenoxy) is 1. The number of benzene rings is 1. The normalized spacial score (nSPS) is 11.9. The van der Waals surface area contributed by atoms with Gasteiger partial charge in [-0.05, 0) is 24.5 Å². The van der Waals surface area contributed by atoms with Crippen molar-refractivity contribution in [3.05, 3.63) is 46.5 Å². The van der Waals surface area contributed by atoms with Crippen LogP contribution < -0.4 is 4.74 Å². The second-order valence-corrected chi connectivity index (χ2v) is 3.47. The van der Waals surface area contributed by atoms with Crippen molar-refractivity contribution < 1.29 is 9.66 Å². The van der Waals surface area contributed by atoms with Crippen LogP contribution in [0.3, 0.4) is 0 Å². The molecule has 0 amide bonds. The zero-order chi connectivity index (χ0) is 12.1. The molecule has 1 aromatic carbocycles. The second kappa shape index (κ2) is 5.30. The van der Waals surface area contributed by atoms with Crippen molar-refractivity contribution in [1.82, 2.24) is 0 Å². The van der Waals surface area contributed by atoms with Gasteiger partial charge in [-0.3, -0.25) is 10.1 Å². The average molecular weight is 221 g/mol. The van der Waals surface area contributed by atoms with E-state index in [4.69, 9.17) is 4.74 Å². The molecule has 0 aliphatic rings. The Hall–Kier alpha value is -1.84. The number of nitro benzene ring substituents is 1. The Morgan fingerprint density at radius 2 is 2.25 bits per heavy atom. The van der Waals surface area contributed by atoms with E-state index < -0.39 is 4.92 Å². The van der Waals surface area contributed by atoms with Gasteiger partial charge < -0.3 is 4.74 Å². The molecule has 0 saturated heterocycles. The highest BCUT2D eigenvalue weighted by molar-refractivity contribution is 5.44. The molecule has 0 aliphatic heterocycles. The van der Waals surface area contributed by atoms with E-state index in [9.17, 15) is 10.1 Å². The van der Waals surface area contributed by atoms with Crippen molar-refractivity contribution in [3.63, 3.8) is 0 Å². The first-order valence-electron chi connectivity index (χ1n) is 5.13. The smallest absolute Gasteiger partial charge is 0.273 e. The van der Waals surface area contributed by atoms with Crippen molar-refractivity contribution in [2.75, 3.05) is 6.61 Å². The third-order valence-corrected chi connectivity index (χ3v) is 2.31. The first kappa shape index (κ1) is 12.2. The third-order valence-electron chi connectivity index (χ3n) is 2.31. The van der Waals surface area contributed by atoms with E-state index in [1.54, 1.807) is 12.1 Å². The minimum absolute atomic E-state index is 0.0506. The fourth-order valence-electron chi connectivity index (χ4n) is 1.36. The Bertz CT molecular complexity index is 401. The van der Waals surface area contributed by atoms with Crippen LogP contribution >= 0.6 is 0 Å². The summed E-state index contributed by atoms with van der Waals surface area (Å²) in [6, 6.07) is 4.79. The molecule has 16 heavy (non-hydrogen) atoms. The predicted octanol–water partition coefficient (Wildman–Crippen LogP) is 3.28. The maximum absolute atomic E-state index is 10.7. The van der Waals surface area contributed by atoms with Gasteiger partial charge in [-0.1, -0.05) is 13.0 Å². The van der Waals surface area contributed by atoms with Gasteiger partial charge in [-0.15, -0.1) is 6.58 Å². The summed E-state index contributed by atoms with van der Waals surface area (Å²) in [5.41, 5.74) is 0.891. The molecule has 4 nitrogen and oxygen atoms in total. The first-order valence-corrected chi connectivity index (χ1v) is 5.13. The topological polar surface area (TPSA) is 52.4 Å². The lowest BCUT2D eigenvalue weighted by atomic mass is 10.0. The zero-order valence-electron chi connectivity index (χ0n) is 9.47. The SMILES string of the molecule is C=CC(C)c1cc(OCC)cc([N+](=O)[O-])c1. The zero-order valence-corrected chi connectivity index (χ0v) is 9.47. The van der Waals surface area contributed by atoms with Crippen LogP contribution in [0.4, 0.5) is 5.69 Å². The van der Waals surface area contributed by atoms with Crippen molar-refractivity contribution in [3.8, 4) is 5.75 Å². The number of allylic oxidation sites excluding steroid dienone is 1. The summed E-state index contributed by atoms with van der Waals surface area (Å²) in [5.74, 6) is 0.597. The largest absolute Gasteiger partial charge is 0.494 e. The van der Waals surface area contributed by atoms with E-state index in [1.807, 2.05) is 19.9 Å². The molecule has 0 aliphatic carbocycles. The van der Waals surface area contributed by atoms with E-state index in [-0.39, 0.29) is 11.6 Å². The number of hydrogen-bond donors (Lipinski definition) is 0. The molecule has 1 aromatic rings. The Labute approximate surface area is 94.7 Å². The van der Waals surface area contributed by atoms with Crippen LogP contribution in [0.25, 0.3) is 0 Å². The molecule has 0 heterocycles. The van der Waals surface area contributed by atoms with E-state index in [0.29, 0.717) is 12.4 Å². The van der Waals surface area contributed by atoms with Gasteiger partial charge in [-0.2, -0.15) is 0 Å². The predicted molar refractivity (Wildman–Crippen MR) is 62.9 cm³/mol. The molecule has 0 N–H and O–H groups in total. The molecule has 1 unspecified atom stereocenters. The molecule has 0 saturated carbocycles. The summed E-state index contributed by atoms with van der Waals surface area (Å²) in [6.45, 7) is 7.94.